The minimum atomic E-state index is -1.63. The number of carbonyl (C=O) groups excluding carboxylic acids is 3. The number of esters is 3. The number of hydrogen-bond acceptors (Lipinski definition) is 7. The molecular weight excluding hydrogens is 340 g/mol. The molecule has 26 heavy (non-hydrogen) atoms. The predicted molar refractivity (Wildman–Crippen MR) is 93.6 cm³/mol. The van der Waals surface area contributed by atoms with Crippen LogP contribution in [0.4, 0.5) is 0 Å². The molecule has 0 aliphatic carbocycles. The van der Waals surface area contributed by atoms with Crippen LogP contribution in [0.1, 0.15) is 36.2 Å². The van der Waals surface area contributed by atoms with E-state index in [9.17, 15) is 14.4 Å². The largest absolute Gasteiger partial charge is 0.516 e. The normalized spacial score (nSPS) is 11.2. The lowest BCUT2D eigenvalue weighted by molar-refractivity contribution is -0.171. The van der Waals surface area contributed by atoms with Crippen LogP contribution in [0, 0.1) is 5.41 Å². The van der Waals surface area contributed by atoms with E-state index in [1.165, 1.54) is 13.2 Å². The van der Waals surface area contributed by atoms with Gasteiger partial charge in [0.1, 0.15) is 0 Å². The molecule has 0 radical (unpaired) electrons. The van der Waals surface area contributed by atoms with Gasteiger partial charge in [0.15, 0.2) is 5.41 Å². The van der Waals surface area contributed by atoms with E-state index in [0.717, 1.165) is 6.26 Å². The van der Waals surface area contributed by atoms with Crippen molar-refractivity contribution in [2.75, 3.05) is 20.3 Å². The molecule has 142 valence electrons. The fourth-order valence-electron chi connectivity index (χ4n) is 2.48. The first-order valence-corrected chi connectivity index (χ1v) is 8.26. The average molecular weight is 364 g/mol. The van der Waals surface area contributed by atoms with E-state index in [2.05, 4.69) is 4.74 Å². The highest BCUT2D eigenvalue weighted by atomic mass is 16.6. The Kier molecular flexibility index (Phi) is 8.34. The second kappa shape index (κ2) is 10.2. The molecule has 0 amide bonds. The van der Waals surface area contributed by atoms with Gasteiger partial charge in [-0.2, -0.15) is 0 Å². The Hall–Kier alpha value is -2.83. The van der Waals surface area contributed by atoms with Crippen LogP contribution in [-0.2, 0) is 30.2 Å². The lowest BCUT2D eigenvalue weighted by Crippen LogP contribution is -2.43. The lowest BCUT2D eigenvalue weighted by Gasteiger charge is -2.28. The van der Waals surface area contributed by atoms with E-state index in [4.69, 9.17) is 14.6 Å². The zero-order valence-electron chi connectivity index (χ0n) is 15.2. The first-order chi connectivity index (χ1) is 12.4. The Morgan fingerprint density at radius 3 is 2.00 bits per heavy atom. The molecule has 0 heterocycles. The number of aliphatic hydroxyl groups excluding tert-OH is 1. The summed E-state index contributed by atoms with van der Waals surface area (Å²) in [6.45, 7) is 3.48. The van der Waals surface area contributed by atoms with E-state index >= 15 is 0 Å². The molecule has 0 fully saturated rings. The fraction of sp³-hybridized carbons (Fsp3) is 0.421. The van der Waals surface area contributed by atoms with Gasteiger partial charge >= 0.3 is 17.9 Å². The molecular formula is C19H24O7. The maximum atomic E-state index is 12.6. The Morgan fingerprint density at radius 2 is 1.58 bits per heavy atom. The number of aliphatic hydroxyl groups is 1. The van der Waals surface area contributed by atoms with E-state index in [0.29, 0.717) is 11.1 Å². The van der Waals surface area contributed by atoms with Gasteiger partial charge in [0.05, 0.1) is 32.1 Å². The van der Waals surface area contributed by atoms with E-state index < -0.39 is 23.3 Å². The molecule has 0 spiro atoms. The monoisotopic (exact) mass is 364 g/mol. The van der Waals surface area contributed by atoms with Crippen LogP contribution in [0.25, 0.3) is 0 Å². The van der Waals surface area contributed by atoms with Gasteiger partial charge in [-0.15, -0.1) is 0 Å². The molecule has 0 saturated carbocycles. The van der Waals surface area contributed by atoms with Crippen molar-refractivity contribution in [2.24, 2.45) is 5.41 Å². The highest BCUT2D eigenvalue weighted by Crippen LogP contribution is 2.32. The second-order valence-electron chi connectivity index (χ2n) is 5.48. The summed E-state index contributed by atoms with van der Waals surface area (Å²) < 4.78 is 14.8. The molecule has 1 aromatic rings. The molecule has 0 saturated heterocycles. The van der Waals surface area contributed by atoms with Gasteiger partial charge in [0.2, 0.25) is 0 Å². The molecule has 0 bridgehead atoms. The number of rotatable bonds is 9. The maximum absolute atomic E-state index is 12.6. The molecule has 0 aromatic heterocycles. The van der Waals surface area contributed by atoms with Crippen LogP contribution in [0.3, 0.4) is 0 Å². The van der Waals surface area contributed by atoms with Crippen molar-refractivity contribution in [3.63, 3.8) is 0 Å². The Labute approximate surface area is 152 Å². The van der Waals surface area contributed by atoms with Crippen LogP contribution < -0.4 is 0 Å². The summed E-state index contributed by atoms with van der Waals surface area (Å²) in [6.07, 6.45) is 1.99. The number of benzene rings is 1. The predicted octanol–water partition coefficient (Wildman–Crippen LogP) is 2.59. The summed E-state index contributed by atoms with van der Waals surface area (Å²) >= 11 is 0. The van der Waals surface area contributed by atoms with Crippen molar-refractivity contribution in [1.82, 2.24) is 0 Å². The first kappa shape index (κ1) is 21.2. The molecule has 0 unspecified atom stereocenters. The Bertz CT molecular complexity index is 628. The highest BCUT2D eigenvalue weighted by Gasteiger charge is 2.48. The number of hydrogen-bond donors (Lipinski definition) is 1. The van der Waals surface area contributed by atoms with E-state index in [-0.39, 0.29) is 26.1 Å². The first-order valence-electron chi connectivity index (χ1n) is 8.26. The third kappa shape index (κ3) is 5.08. The molecule has 1 N–H and O–H groups in total. The van der Waals surface area contributed by atoms with E-state index in [1.807, 2.05) is 0 Å². The lowest BCUT2D eigenvalue weighted by atomic mass is 9.78. The quantitative estimate of drug-likeness (QED) is 0.311. The van der Waals surface area contributed by atoms with Crippen molar-refractivity contribution >= 4 is 17.9 Å². The summed E-state index contributed by atoms with van der Waals surface area (Å²) in [5.41, 5.74) is -0.646. The van der Waals surface area contributed by atoms with Crippen molar-refractivity contribution in [3.05, 3.63) is 47.7 Å². The highest BCUT2D eigenvalue weighted by molar-refractivity contribution is 6.00. The average Bonchev–Trinajstić information content (AvgIpc) is 2.65. The molecule has 1 aromatic carbocycles. The van der Waals surface area contributed by atoms with Crippen molar-refractivity contribution in [1.29, 1.82) is 0 Å². The zero-order chi connectivity index (χ0) is 19.6. The maximum Gasteiger partial charge on any atom is 0.337 e. The summed E-state index contributed by atoms with van der Waals surface area (Å²) in [7, 11) is 1.28. The van der Waals surface area contributed by atoms with Gasteiger partial charge in [0.25, 0.3) is 0 Å². The van der Waals surface area contributed by atoms with Crippen molar-refractivity contribution in [3.8, 4) is 0 Å². The number of allylic oxidation sites excluding steroid dienone is 1. The van der Waals surface area contributed by atoms with Gasteiger partial charge < -0.3 is 19.3 Å². The van der Waals surface area contributed by atoms with Crippen molar-refractivity contribution < 1.29 is 33.7 Å². The van der Waals surface area contributed by atoms with Gasteiger partial charge in [-0.25, -0.2) is 4.79 Å². The topological polar surface area (TPSA) is 99.1 Å². The number of methoxy groups -OCH3 is 1. The molecule has 0 aliphatic heterocycles. The van der Waals surface area contributed by atoms with Crippen LogP contribution in [0.2, 0.25) is 0 Å². The van der Waals surface area contributed by atoms with Crippen LogP contribution in [-0.4, -0.2) is 43.3 Å². The van der Waals surface area contributed by atoms with Gasteiger partial charge in [0, 0.05) is 0 Å². The Morgan fingerprint density at radius 1 is 1.04 bits per heavy atom. The minimum Gasteiger partial charge on any atom is -0.516 e. The smallest absolute Gasteiger partial charge is 0.337 e. The summed E-state index contributed by atoms with van der Waals surface area (Å²) in [5.74, 6) is -1.94. The van der Waals surface area contributed by atoms with Gasteiger partial charge in [-0.05, 0) is 50.5 Å². The van der Waals surface area contributed by atoms with Gasteiger partial charge in [-0.3, -0.25) is 9.59 Å². The summed E-state index contributed by atoms with van der Waals surface area (Å²) in [6, 6.07) is 6.35. The molecule has 1 rings (SSSR count). The molecule has 7 nitrogen and oxygen atoms in total. The minimum absolute atomic E-state index is 0.00351. The van der Waals surface area contributed by atoms with Crippen LogP contribution in [0.5, 0.6) is 0 Å². The molecule has 0 aliphatic rings. The zero-order valence-corrected chi connectivity index (χ0v) is 15.2. The van der Waals surface area contributed by atoms with Crippen molar-refractivity contribution in [2.45, 2.75) is 26.7 Å². The molecule has 0 atom stereocenters. The van der Waals surface area contributed by atoms with Crippen LogP contribution in [0.15, 0.2) is 36.6 Å². The third-order valence-electron chi connectivity index (χ3n) is 3.78. The summed E-state index contributed by atoms with van der Waals surface area (Å²) in [5, 5.41) is 9.01. The molecule has 7 heteroatoms. The standard InChI is InChI=1S/C19H24O7/c1-4-25-17(22)19(11-6-12-20,18(23)26-5-2)13-14-7-9-15(10-8-14)16(21)24-3/h6-10,12,20H,4-5,11,13H2,1-3H3/b12-6-. The Balaban J connectivity index is 3.26. The summed E-state index contributed by atoms with van der Waals surface area (Å²) in [4.78, 5) is 36.7. The second-order valence-corrected chi connectivity index (χ2v) is 5.48. The SMILES string of the molecule is CCOC(=O)C(C/C=C\O)(Cc1ccc(C(=O)OC)cc1)C(=O)OCC. The van der Waals surface area contributed by atoms with E-state index in [1.54, 1.807) is 38.1 Å². The fourth-order valence-corrected chi connectivity index (χ4v) is 2.48. The number of carbonyl (C=O) groups is 3. The van der Waals surface area contributed by atoms with Crippen LogP contribution >= 0.6 is 0 Å². The third-order valence-corrected chi connectivity index (χ3v) is 3.78. The number of ether oxygens (including phenoxy) is 3. The van der Waals surface area contributed by atoms with Gasteiger partial charge in [-0.1, -0.05) is 12.1 Å².